The Kier molecular flexibility index (Phi) is 105. The van der Waals surface area contributed by atoms with Crippen molar-refractivity contribution in [3.8, 4) is 0 Å². The zero-order valence-corrected chi connectivity index (χ0v) is 6.57. The van der Waals surface area contributed by atoms with Crippen LogP contribution in [0.4, 0.5) is 12.9 Å². The quantitative estimate of drug-likeness (QED) is 0.363. The van der Waals surface area contributed by atoms with Crippen LogP contribution in [-0.4, -0.2) is 7.54 Å². The molecule has 0 aliphatic carbocycles. The fourth-order valence-electron chi connectivity index (χ4n) is 0. The van der Waals surface area contributed by atoms with E-state index < -0.39 is 7.54 Å². The summed E-state index contributed by atoms with van der Waals surface area (Å²) >= 11 is 0. The van der Waals surface area contributed by atoms with Gasteiger partial charge < -0.3 is 37.2 Å². The summed E-state index contributed by atoms with van der Waals surface area (Å²) in [5.74, 6) is 0. The molecule has 0 aromatic rings. The van der Waals surface area contributed by atoms with E-state index in [9.17, 15) is 12.9 Å². The molecule has 0 aliphatic heterocycles. The van der Waals surface area contributed by atoms with Gasteiger partial charge in [-0.1, -0.05) is 0 Å². The van der Waals surface area contributed by atoms with Gasteiger partial charge in [0.2, 0.25) is 0 Å². The Hall–Kier alpha value is 1.24. The van der Waals surface area contributed by atoms with E-state index in [-0.39, 0.29) is 54.3 Å². The summed E-state index contributed by atoms with van der Waals surface area (Å²) in [4.78, 5) is 0. The zero-order chi connectivity index (χ0) is 3.58. The predicted octanol–water partition coefficient (Wildman–Crippen LogP) is -8.11. The molecule has 0 atom stereocenters. The molecule has 53 valence electrons. The van der Waals surface area contributed by atoms with E-state index >= 15 is 0 Å². The van der Waals surface area contributed by atoms with E-state index in [1.54, 1.807) is 0 Å². The Balaban J connectivity index is -0.00000000750. The summed E-state index contributed by atoms with van der Waals surface area (Å²) in [6.07, 6.45) is 0. The Morgan fingerprint density at radius 3 is 0.750 bits per heavy atom. The molecule has 8 heteroatoms. The van der Waals surface area contributed by atoms with Gasteiger partial charge in [-0.05, 0) is 0 Å². The van der Waals surface area contributed by atoms with Crippen LogP contribution in [0.2, 0.25) is 0 Å². The third-order valence-corrected chi connectivity index (χ3v) is 0. The third kappa shape index (κ3) is 182. The SMILES string of the molecule is FB(F)F.[Cl-].[Cl-].[Cl-].[Fe+3]. The maximum atomic E-state index is 9.67. The second-order valence-corrected chi connectivity index (χ2v) is 0.247. The van der Waals surface area contributed by atoms with E-state index in [2.05, 4.69) is 0 Å². The smallest absolute Gasteiger partial charge is 1.00 e. The molecule has 0 rings (SSSR count). The van der Waals surface area contributed by atoms with Crippen molar-refractivity contribution in [1.29, 1.82) is 0 Å². The minimum absolute atomic E-state index is 0. The molecule has 0 amide bonds. The Bertz CT molecular complexity index is 19.2. The monoisotopic (exact) mass is 229 g/mol. The van der Waals surface area contributed by atoms with Gasteiger partial charge in [0.05, 0.1) is 0 Å². The Morgan fingerprint density at radius 1 is 0.750 bits per heavy atom. The largest absolute Gasteiger partial charge is 3.00 e. The van der Waals surface area contributed by atoms with Crippen molar-refractivity contribution in [2.45, 2.75) is 0 Å². The van der Waals surface area contributed by atoms with Crippen LogP contribution in [0.15, 0.2) is 0 Å². The molecule has 0 unspecified atom stereocenters. The van der Waals surface area contributed by atoms with Crippen molar-refractivity contribution in [2.75, 3.05) is 0 Å². The van der Waals surface area contributed by atoms with Gasteiger partial charge in [0.25, 0.3) is 0 Å². The number of hydrogen-bond acceptors (Lipinski definition) is 0. The molecule has 0 aromatic heterocycles. The van der Waals surface area contributed by atoms with Gasteiger partial charge in [-0.25, -0.2) is 0 Å². The molecule has 0 fully saturated rings. The van der Waals surface area contributed by atoms with Gasteiger partial charge in [0, 0.05) is 0 Å². The maximum Gasteiger partial charge on any atom is 3.00 e. The molecular weight excluding hydrogens is 230 g/mol. The normalized spacial score (nSPS) is 3.38. The van der Waals surface area contributed by atoms with Crippen molar-refractivity contribution >= 4 is 7.54 Å². The first kappa shape index (κ1) is 34.9. The van der Waals surface area contributed by atoms with Gasteiger partial charge in [0.15, 0.2) is 0 Å². The van der Waals surface area contributed by atoms with E-state index in [4.69, 9.17) is 0 Å². The molecule has 0 bridgehead atoms. The molecule has 0 nitrogen and oxygen atoms in total. The van der Waals surface area contributed by atoms with Crippen molar-refractivity contribution in [1.82, 2.24) is 0 Å². The molecule has 0 heterocycles. The molecular formula is BCl3F3Fe. The molecule has 0 aliphatic rings. The molecule has 0 spiro atoms. The van der Waals surface area contributed by atoms with Crippen molar-refractivity contribution < 1.29 is 67.2 Å². The summed E-state index contributed by atoms with van der Waals surface area (Å²) in [5, 5.41) is 0. The number of halogens is 6. The molecule has 0 saturated heterocycles. The van der Waals surface area contributed by atoms with Crippen LogP contribution in [0.1, 0.15) is 0 Å². The second-order valence-electron chi connectivity index (χ2n) is 0.247. The van der Waals surface area contributed by atoms with Crippen LogP contribution < -0.4 is 37.2 Å². The average molecular weight is 230 g/mol. The predicted molar refractivity (Wildman–Crippen MR) is 9.08 cm³/mol. The standard InChI is InChI=1S/BF3.3ClH.Fe/c2-1(3)4;;;;/h;3*1H;/q;;;;+3/p-3. The maximum absolute atomic E-state index is 9.67. The average Bonchev–Trinajstić information content (AvgIpc) is 0.811. The molecule has 0 aromatic carbocycles. The number of rotatable bonds is 0. The van der Waals surface area contributed by atoms with E-state index in [0.717, 1.165) is 0 Å². The topological polar surface area (TPSA) is 0 Å². The van der Waals surface area contributed by atoms with Gasteiger partial charge >= 0.3 is 24.6 Å². The van der Waals surface area contributed by atoms with Crippen LogP contribution in [0.5, 0.6) is 0 Å². The first-order valence-corrected chi connectivity index (χ1v) is 0.655. The molecule has 0 saturated carbocycles. The fraction of sp³-hybridized carbons (Fsp3) is 0. The number of hydrogen-bond donors (Lipinski definition) is 0. The van der Waals surface area contributed by atoms with E-state index in [0.29, 0.717) is 0 Å². The summed E-state index contributed by atoms with van der Waals surface area (Å²) < 4.78 is 29.0. The van der Waals surface area contributed by atoms with Crippen LogP contribution in [0.3, 0.4) is 0 Å². The first-order chi connectivity index (χ1) is 1.73. The Morgan fingerprint density at radius 2 is 0.750 bits per heavy atom. The van der Waals surface area contributed by atoms with Gasteiger partial charge in [0.1, 0.15) is 0 Å². The molecule has 8 heavy (non-hydrogen) atoms. The summed E-state index contributed by atoms with van der Waals surface area (Å²) in [6, 6.07) is 0. The Labute approximate surface area is 74.9 Å². The minimum Gasteiger partial charge on any atom is -1.00 e. The summed E-state index contributed by atoms with van der Waals surface area (Å²) in [6.45, 7) is 0. The van der Waals surface area contributed by atoms with E-state index in [1.807, 2.05) is 0 Å². The zero-order valence-electron chi connectivity index (χ0n) is 3.20. The summed E-state index contributed by atoms with van der Waals surface area (Å²) in [5.41, 5.74) is 0. The first-order valence-electron chi connectivity index (χ1n) is 0.655. The van der Waals surface area contributed by atoms with Gasteiger partial charge in [-0.15, -0.1) is 0 Å². The molecule has 1 radical (unpaired) electrons. The minimum atomic E-state index is -3.67. The van der Waals surface area contributed by atoms with Crippen LogP contribution in [0.25, 0.3) is 0 Å². The fourth-order valence-corrected chi connectivity index (χ4v) is 0. The van der Waals surface area contributed by atoms with Crippen molar-refractivity contribution in [2.24, 2.45) is 0 Å². The van der Waals surface area contributed by atoms with Crippen LogP contribution in [0, 0.1) is 0 Å². The van der Waals surface area contributed by atoms with Gasteiger partial charge in [-0.2, -0.15) is 0 Å². The molecule has 0 N–H and O–H groups in total. The summed E-state index contributed by atoms with van der Waals surface area (Å²) in [7, 11) is -3.67. The van der Waals surface area contributed by atoms with Crippen LogP contribution in [-0.2, 0) is 17.1 Å². The van der Waals surface area contributed by atoms with Gasteiger partial charge in [-0.3, -0.25) is 12.9 Å². The van der Waals surface area contributed by atoms with E-state index in [1.165, 1.54) is 0 Å². The van der Waals surface area contributed by atoms with Crippen LogP contribution >= 0.6 is 0 Å². The second kappa shape index (κ2) is 24.0. The van der Waals surface area contributed by atoms with Crippen molar-refractivity contribution in [3.63, 3.8) is 0 Å². The third-order valence-electron chi connectivity index (χ3n) is 0. The van der Waals surface area contributed by atoms with Crippen molar-refractivity contribution in [3.05, 3.63) is 0 Å².